The maximum absolute atomic E-state index is 12.7. The van der Waals surface area contributed by atoms with E-state index < -0.39 is 18.2 Å². The van der Waals surface area contributed by atoms with Crippen LogP contribution in [-0.4, -0.2) is 40.7 Å². The zero-order chi connectivity index (χ0) is 18.7. The molecule has 0 aliphatic carbocycles. The van der Waals surface area contributed by atoms with E-state index in [9.17, 15) is 14.7 Å². The third kappa shape index (κ3) is 4.34. The summed E-state index contributed by atoms with van der Waals surface area (Å²) in [5.41, 5.74) is 1.62. The summed E-state index contributed by atoms with van der Waals surface area (Å²) in [5, 5.41) is 12.8. The Morgan fingerprint density at radius 1 is 1.23 bits per heavy atom. The number of carbonyl (C=O) groups excluding carboxylic acids is 2. The number of likely N-dealkylation sites (tertiary alicyclic amines) is 1. The van der Waals surface area contributed by atoms with E-state index in [1.807, 2.05) is 31.2 Å². The minimum atomic E-state index is -0.778. The van der Waals surface area contributed by atoms with Gasteiger partial charge in [0.25, 0.3) is 0 Å². The lowest BCUT2D eigenvalue weighted by Crippen LogP contribution is -2.44. The Bertz CT molecular complexity index is 812. The topological polar surface area (TPSA) is 78.9 Å². The molecule has 2 atom stereocenters. The van der Waals surface area contributed by atoms with Crippen molar-refractivity contribution in [3.05, 3.63) is 57.7 Å². The van der Waals surface area contributed by atoms with Crippen LogP contribution in [0, 0.1) is 10.5 Å². The number of nitrogens with zero attached hydrogens (tertiary/aromatic N) is 1. The molecule has 1 aliphatic rings. The highest BCUT2D eigenvalue weighted by molar-refractivity contribution is 14.1. The zero-order valence-corrected chi connectivity index (χ0v) is 16.3. The molecule has 2 aromatic carbocycles. The summed E-state index contributed by atoms with van der Waals surface area (Å²) in [4.78, 5) is 26.4. The van der Waals surface area contributed by atoms with Crippen LogP contribution in [0.2, 0.25) is 0 Å². The van der Waals surface area contributed by atoms with Crippen LogP contribution in [0.25, 0.3) is 0 Å². The maximum Gasteiger partial charge on any atom is 0.416 e. The van der Waals surface area contributed by atoms with Crippen molar-refractivity contribution in [1.29, 1.82) is 0 Å². The van der Waals surface area contributed by atoms with E-state index in [2.05, 4.69) is 27.9 Å². The minimum Gasteiger partial charge on any atom is -0.410 e. The summed E-state index contributed by atoms with van der Waals surface area (Å²) in [6, 6.07) is 13.6. The molecule has 2 aromatic rings. The average molecular weight is 466 g/mol. The molecule has 0 aromatic heterocycles. The molecular formula is C19H19IN2O4. The van der Waals surface area contributed by atoms with Crippen molar-refractivity contribution in [3.63, 3.8) is 0 Å². The normalized spacial score (nSPS) is 19.3. The highest BCUT2D eigenvalue weighted by Crippen LogP contribution is 2.23. The third-order valence-electron chi connectivity index (χ3n) is 4.21. The minimum absolute atomic E-state index is 0.0649. The number of ether oxygens (including phenoxy) is 1. The number of hydrogen-bond donors (Lipinski definition) is 2. The Balaban J connectivity index is 1.72. The number of β-amino-alcohol motifs (C(OH)–C–C–N with tert-alkyl or cyclic N) is 1. The molecule has 1 aliphatic heterocycles. The highest BCUT2D eigenvalue weighted by Gasteiger charge is 2.40. The number of amides is 2. The second-order valence-electron chi connectivity index (χ2n) is 6.19. The van der Waals surface area contributed by atoms with Gasteiger partial charge < -0.3 is 15.2 Å². The van der Waals surface area contributed by atoms with E-state index in [-0.39, 0.29) is 18.9 Å². The Morgan fingerprint density at radius 3 is 2.65 bits per heavy atom. The van der Waals surface area contributed by atoms with Crippen molar-refractivity contribution >= 4 is 40.3 Å². The standard InChI is InChI=1S/C19H19IN2O4/c1-12-9-13(20)7-8-16(12)21-18(24)17-10-14(23)11-22(17)19(25)26-15-5-3-2-4-6-15/h2-9,14,17,23H,10-11H2,1H3,(H,21,24)/t14-,17+/m0/s1. The van der Waals surface area contributed by atoms with Crippen LogP contribution in [0.1, 0.15) is 12.0 Å². The van der Waals surface area contributed by atoms with Gasteiger partial charge in [0.1, 0.15) is 11.8 Å². The van der Waals surface area contributed by atoms with Crippen molar-refractivity contribution < 1.29 is 19.4 Å². The van der Waals surface area contributed by atoms with Crippen LogP contribution in [-0.2, 0) is 4.79 Å². The summed E-state index contributed by atoms with van der Waals surface area (Å²) >= 11 is 2.20. The van der Waals surface area contributed by atoms with Crippen molar-refractivity contribution in [2.45, 2.75) is 25.5 Å². The number of aryl methyl sites for hydroxylation is 1. The molecule has 0 radical (unpaired) electrons. The molecule has 1 heterocycles. The van der Waals surface area contributed by atoms with Crippen LogP contribution >= 0.6 is 22.6 Å². The van der Waals surface area contributed by atoms with Crippen LogP contribution < -0.4 is 10.1 Å². The van der Waals surface area contributed by atoms with Crippen LogP contribution in [0.15, 0.2) is 48.5 Å². The molecule has 0 bridgehead atoms. The third-order valence-corrected chi connectivity index (χ3v) is 4.88. The van der Waals surface area contributed by atoms with Gasteiger partial charge in [-0.05, 0) is 65.4 Å². The van der Waals surface area contributed by atoms with E-state index in [4.69, 9.17) is 4.74 Å². The van der Waals surface area contributed by atoms with Gasteiger partial charge in [-0.2, -0.15) is 0 Å². The van der Waals surface area contributed by atoms with Crippen molar-refractivity contribution in [1.82, 2.24) is 4.90 Å². The summed E-state index contributed by atoms with van der Waals surface area (Å²) in [5.74, 6) is 0.0578. The molecule has 0 unspecified atom stereocenters. The molecule has 26 heavy (non-hydrogen) atoms. The van der Waals surface area contributed by atoms with Crippen molar-refractivity contribution in [2.75, 3.05) is 11.9 Å². The number of para-hydroxylation sites is 1. The van der Waals surface area contributed by atoms with E-state index in [1.165, 1.54) is 4.90 Å². The van der Waals surface area contributed by atoms with Gasteiger partial charge in [0.05, 0.1) is 12.6 Å². The predicted molar refractivity (Wildman–Crippen MR) is 106 cm³/mol. The Hall–Kier alpha value is -2.13. The van der Waals surface area contributed by atoms with Crippen molar-refractivity contribution in [2.24, 2.45) is 0 Å². The quantitative estimate of drug-likeness (QED) is 0.682. The fourth-order valence-electron chi connectivity index (χ4n) is 2.90. The Morgan fingerprint density at radius 2 is 1.96 bits per heavy atom. The smallest absolute Gasteiger partial charge is 0.410 e. The van der Waals surface area contributed by atoms with E-state index >= 15 is 0 Å². The zero-order valence-electron chi connectivity index (χ0n) is 14.2. The highest BCUT2D eigenvalue weighted by atomic mass is 127. The summed E-state index contributed by atoms with van der Waals surface area (Å²) in [6.45, 7) is 1.97. The van der Waals surface area contributed by atoms with Gasteiger partial charge in [-0.3, -0.25) is 9.69 Å². The molecular weight excluding hydrogens is 447 g/mol. The Labute approximate surface area is 165 Å². The Kier molecular flexibility index (Phi) is 5.77. The number of halogens is 1. The lowest BCUT2D eigenvalue weighted by Gasteiger charge is -2.23. The molecule has 1 saturated heterocycles. The fourth-order valence-corrected chi connectivity index (χ4v) is 3.54. The lowest BCUT2D eigenvalue weighted by atomic mass is 10.1. The first-order valence-electron chi connectivity index (χ1n) is 8.22. The number of aliphatic hydroxyl groups is 1. The summed E-state index contributed by atoms with van der Waals surface area (Å²) in [6.07, 6.45) is -1.22. The summed E-state index contributed by atoms with van der Waals surface area (Å²) in [7, 11) is 0. The lowest BCUT2D eigenvalue weighted by molar-refractivity contribution is -0.119. The number of carbonyl (C=O) groups is 2. The molecule has 7 heteroatoms. The maximum atomic E-state index is 12.7. The number of benzene rings is 2. The van der Waals surface area contributed by atoms with Crippen LogP contribution in [0.5, 0.6) is 5.75 Å². The number of rotatable bonds is 3. The van der Waals surface area contributed by atoms with Gasteiger partial charge in [-0.1, -0.05) is 18.2 Å². The van der Waals surface area contributed by atoms with Gasteiger partial charge in [-0.25, -0.2) is 4.79 Å². The molecule has 2 N–H and O–H groups in total. The van der Waals surface area contributed by atoms with E-state index in [1.54, 1.807) is 24.3 Å². The largest absolute Gasteiger partial charge is 0.416 e. The van der Waals surface area contributed by atoms with Crippen molar-refractivity contribution in [3.8, 4) is 5.75 Å². The second kappa shape index (κ2) is 8.05. The summed E-state index contributed by atoms with van der Waals surface area (Å²) < 4.78 is 6.38. The van der Waals surface area contributed by atoms with Gasteiger partial charge >= 0.3 is 6.09 Å². The molecule has 136 valence electrons. The average Bonchev–Trinajstić information content (AvgIpc) is 3.00. The molecule has 1 fully saturated rings. The molecule has 6 nitrogen and oxygen atoms in total. The fraction of sp³-hybridized carbons (Fsp3) is 0.263. The SMILES string of the molecule is Cc1cc(I)ccc1NC(=O)[C@H]1C[C@H](O)CN1C(=O)Oc1ccccc1. The van der Waals surface area contributed by atoms with Crippen LogP contribution in [0.4, 0.5) is 10.5 Å². The number of hydrogen-bond acceptors (Lipinski definition) is 4. The van der Waals surface area contributed by atoms with E-state index in [0.717, 1.165) is 9.13 Å². The first kappa shape index (κ1) is 18.7. The molecule has 0 saturated carbocycles. The first-order chi connectivity index (χ1) is 12.4. The molecule has 2 amide bonds. The first-order valence-corrected chi connectivity index (χ1v) is 9.30. The van der Waals surface area contributed by atoms with Gasteiger partial charge in [0.15, 0.2) is 0 Å². The second-order valence-corrected chi connectivity index (χ2v) is 7.43. The van der Waals surface area contributed by atoms with Crippen LogP contribution in [0.3, 0.4) is 0 Å². The van der Waals surface area contributed by atoms with E-state index in [0.29, 0.717) is 11.4 Å². The number of aliphatic hydroxyl groups excluding tert-OH is 1. The monoisotopic (exact) mass is 466 g/mol. The van der Waals surface area contributed by atoms with Gasteiger partial charge in [-0.15, -0.1) is 0 Å². The van der Waals surface area contributed by atoms with Gasteiger partial charge in [0.2, 0.25) is 5.91 Å². The predicted octanol–water partition coefficient (Wildman–Crippen LogP) is 3.17. The molecule has 0 spiro atoms. The number of nitrogens with one attached hydrogen (secondary N) is 1. The number of anilines is 1. The molecule has 3 rings (SSSR count). The van der Waals surface area contributed by atoms with Gasteiger partial charge in [0, 0.05) is 15.7 Å².